The molecule has 2 rings (SSSR count). The van der Waals surface area contributed by atoms with Gasteiger partial charge in [0, 0.05) is 26.1 Å². The van der Waals surface area contributed by atoms with Gasteiger partial charge in [0.2, 0.25) is 15.9 Å². The van der Waals surface area contributed by atoms with Crippen LogP contribution in [0.25, 0.3) is 0 Å². The van der Waals surface area contributed by atoms with E-state index >= 15 is 0 Å². The van der Waals surface area contributed by atoms with E-state index in [1.807, 2.05) is 0 Å². The molecule has 0 unspecified atom stereocenters. The van der Waals surface area contributed by atoms with Gasteiger partial charge < -0.3 is 5.32 Å². The summed E-state index contributed by atoms with van der Waals surface area (Å²) >= 11 is 0. The topological polar surface area (TPSA) is 66.5 Å². The summed E-state index contributed by atoms with van der Waals surface area (Å²) in [6, 6.07) is 11.2. The van der Waals surface area contributed by atoms with E-state index in [-0.39, 0.29) is 23.8 Å². The third-order valence-electron chi connectivity index (χ3n) is 4.65. The van der Waals surface area contributed by atoms with E-state index in [0.717, 1.165) is 17.7 Å². The lowest BCUT2D eigenvalue weighted by molar-refractivity contribution is -0.137. The van der Waals surface area contributed by atoms with E-state index in [1.165, 1.54) is 28.6 Å². The summed E-state index contributed by atoms with van der Waals surface area (Å²) in [5.41, 5.74) is 0.404. The first-order chi connectivity index (χ1) is 14.1. The summed E-state index contributed by atoms with van der Waals surface area (Å²) < 4.78 is 64.5. The molecule has 0 bridgehead atoms. The number of rotatable bonds is 9. The molecule has 0 aliphatic rings. The second-order valence-corrected chi connectivity index (χ2v) is 8.65. The minimum Gasteiger partial charge on any atom is -0.352 e. The van der Waals surface area contributed by atoms with Gasteiger partial charge in [-0.2, -0.15) is 17.5 Å². The molecule has 2 aromatic rings. The van der Waals surface area contributed by atoms with Crippen LogP contribution in [0.1, 0.15) is 37.0 Å². The molecule has 0 radical (unpaired) electrons. The van der Waals surface area contributed by atoms with Crippen LogP contribution in [0.3, 0.4) is 0 Å². The van der Waals surface area contributed by atoms with Gasteiger partial charge in [0.25, 0.3) is 0 Å². The molecule has 2 aromatic carbocycles. The van der Waals surface area contributed by atoms with Crippen LogP contribution in [-0.2, 0) is 34.0 Å². The number of amides is 1. The summed E-state index contributed by atoms with van der Waals surface area (Å²) in [4.78, 5) is 12.2. The number of carbonyl (C=O) groups is 1. The van der Waals surface area contributed by atoms with Gasteiger partial charge in [0.15, 0.2) is 0 Å². The van der Waals surface area contributed by atoms with Crippen LogP contribution < -0.4 is 5.32 Å². The molecule has 9 heteroatoms. The van der Waals surface area contributed by atoms with Crippen molar-refractivity contribution in [2.75, 3.05) is 13.1 Å². The fraction of sp³-hybridized carbons (Fsp3) is 0.381. The van der Waals surface area contributed by atoms with Crippen molar-refractivity contribution < 1.29 is 26.4 Å². The van der Waals surface area contributed by atoms with Crippen LogP contribution in [-0.4, -0.2) is 31.7 Å². The van der Waals surface area contributed by atoms with E-state index < -0.39 is 21.8 Å². The van der Waals surface area contributed by atoms with Gasteiger partial charge in [-0.05, 0) is 41.8 Å². The van der Waals surface area contributed by atoms with E-state index in [2.05, 4.69) is 5.32 Å². The van der Waals surface area contributed by atoms with Gasteiger partial charge >= 0.3 is 6.18 Å². The number of nitrogens with one attached hydrogen (secondary N) is 1. The number of aryl methyl sites for hydroxylation is 1. The minimum atomic E-state index is -4.43. The summed E-state index contributed by atoms with van der Waals surface area (Å²) in [5.74, 6) is -0.299. The Kier molecular flexibility index (Phi) is 8.03. The van der Waals surface area contributed by atoms with Crippen molar-refractivity contribution >= 4 is 15.9 Å². The average Bonchev–Trinajstić information content (AvgIpc) is 2.71. The smallest absolute Gasteiger partial charge is 0.352 e. The molecule has 0 spiro atoms. The number of benzene rings is 2. The van der Waals surface area contributed by atoms with Gasteiger partial charge in [-0.1, -0.05) is 38.1 Å². The van der Waals surface area contributed by atoms with Gasteiger partial charge in [0.1, 0.15) is 0 Å². The van der Waals surface area contributed by atoms with Crippen LogP contribution >= 0.6 is 0 Å². The predicted molar refractivity (Wildman–Crippen MR) is 108 cm³/mol. The van der Waals surface area contributed by atoms with Crippen molar-refractivity contribution in [2.24, 2.45) is 0 Å². The second-order valence-electron chi connectivity index (χ2n) is 6.71. The molecule has 5 nitrogen and oxygen atoms in total. The number of sulfonamides is 1. The van der Waals surface area contributed by atoms with E-state index in [1.54, 1.807) is 26.0 Å². The molecule has 1 amide bonds. The summed E-state index contributed by atoms with van der Waals surface area (Å²) in [5, 5.41) is 2.60. The Labute approximate surface area is 175 Å². The van der Waals surface area contributed by atoms with Crippen LogP contribution in [0, 0.1) is 0 Å². The Morgan fingerprint density at radius 1 is 1.00 bits per heavy atom. The molecule has 0 heterocycles. The maximum atomic E-state index is 12.7. The Hall–Kier alpha value is -2.39. The van der Waals surface area contributed by atoms with Crippen molar-refractivity contribution in [1.29, 1.82) is 0 Å². The van der Waals surface area contributed by atoms with Gasteiger partial charge in [-0.25, -0.2) is 8.42 Å². The van der Waals surface area contributed by atoms with E-state index in [4.69, 9.17) is 0 Å². The third kappa shape index (κ3) is 6.30. The zero-order chi connectivity index (χ0) is 22.4. The summed E-state index contributed by atoms with van der Waals surface area (Å²) in [7, 11) is -3.53. The van der Waals surface area contributed by atoms with Crippen LogP contribution in [0.15, 0.2) is 53.4 Å². The second kappa shape index (κ2) is 10.1. The monoisotopic (exact) mass is 442 g/mol. The highest BCUT2D eigenvalue weighted by Gasteiger charge is 2.30. The quantitative estimate of drug-likeness (QED) is 0.639. The minimum absolute atomic E-state index is 0.00377. The van der Waals surface area contributed by atoms with Crippen molar-refractivity contribution in [3.05, 3.63) is 65.2 Å². The first-order valence-electron chi connectivity index (χ1n) is 9.59. The molecule has 0 aliphatic heterocycles. The lowest BCUT2D eigenvalue weighted by atomic mass is 10.1. The number of hydrogen-bond acceptors (Lipinski definition) is 3. The van der Waals surface area contributed by atoms with Gasteiger partial charge in [-0.3, -0.25) is 4.79 Å². The average molecular weight is 443 g/mol. The summed E-state index contributed by atoms with van der Waals surface area (Å²) in [6.07, 6.45) is -3.90. The normalized spacial score (nSPS) is 12.2. The van der Waals surface area contributed by atoms with E-state index in [0.29, 0.717) is 25.1 Å². The Bertz CT molecular complexity index is 954. The SMILES string of the molecule is CCN(CC)S(=O)(=O)c1ccc(CCC(=O)NCc2cccc(C(F)(F)F)c2)cc1. The Morgan fingerprint density at radius 2 is 1.63 bits per heavy atom. The third-order valence-corrected chi connectivity index (χ3v) is 6.72. The molecule has 164 valence electrons. The highest BCUT2D eigenvalue weighted by Crippen LogP contribution is 2.29. The highest BCUT2D eigenvalue weighted by molar-refractivity contribution is 7.89. The lowest BCUT2D eigenvalue weighted by Gasteiger charge is -2.18. The van der Waals surface area contributed by atoms with Gasteiger partial charge in [-0.15, -0.1) is 0 Å². The van der Waals surface area contributed by atoms with Crippen molar-refractivity contribution in [3.8, 4) is 0 Å². The number of alkyl halides is 3. The number of halogens is 3. The molecular weight excluding hydrogens is 417 g/mol. The molecule has 1 N–H and O–H groups in total. The fourth-order valence-electron chi connectivity index (χ4n) is 2.95. The summed E-state index contributed by atoms with van der Waals surface area (Å²) in [6.45, 7) is 4.31. The Balaban J connectivity index is 1.90. The fourth-order valence-corrected chi connectivity index (χ4v) is 4.40. The first kappa shape index (κ1) is 23.9. The number of hydrogen-bond donors (Lipinski definition) is 1. The zero-order valence-electron chi connectivity index (χ0n) is 16.9. The molecular formula is C21H25F3N2O3S. The van der Waals surface area contributed by atoms with E-state index in [9.17, 15) is 26.4 Å². The van der Waals surface area contributed by atoms with Crippen molar-refractivity contribution in [3.63, 3.8) is 0 Å². The molecule has 0 aromatic heterocycles. The molecule has 0 aliphatic carbocycles. The largest absolute Gasteiger partial charge is 0.416 e. The number of nitrogens with zero attached hydrogens (tertiary/aromatic N) is 1. The molecule has 0 fully saturated rings. The maximum absolute atomic E-state index is 12.7. The van der Waals surface area contributed by atoms with Crippen LogP contribution in [0.4, 0.5) is 13.2 Å². The molecule has 30 heavy (non-hydrogen) atoms. The van der Waals surface area contributed by atoms with Gasteiger partial charge in [0.05, 0.1) is 10.5 Å². The molecule has 0 saturated heterocycles. The van der Waals surface area contributed by atoms with Crippen molar-refractivity contribution in [2.45, 2.75) is 44.3 Å². The molecule has 0 atom stereocenters. The van der Waals surface area contributed by atoms with Crippen LogP contribution in [0.2, 0.25) is 0 Å². The van der Waals surface area contributed by atoms with Crippen molar-refractivity contribution in [1.82, 2.24) is 9.62 Å². The zero-order valence-corrected chi connectivity index (χ0v) is 17.7. The molecule has 0 saturated carbocycles. The highest BCUT2D eigenvalue weighted by atomic mass is 32.2. The first-order valence-corrected chi connectivity index (χ1v) is 11.0. The standard InChI is InChI=1S/C21H25F3N2O3S/c1-3-26(4-2)30(28,29)19-11-8-16(9-12-19)10-13-20(27)25-15-17-6-5-7-18(14-17)21(22,23)24/h5-9,11-12,14H,3-4,10,13,15H2,1-2H3,(H,25,27). The lowest BCUT2D eigenvalue weighted by Crippen LogP contribution is -2.30. The van der Waals surface area contributed by atoms with Crippen LogP contribution in [0.5, 0.6) is 0 Å². The number of carbonyl (C=O) groups excluding carboxylic acids is 1. The Morgan fingerprint density at radius 3 is 2.20 bits per heavy atom. The maximum Gasteiger partial charge on any atom is 0.416 e. The predicted octanol–water partition coefficient (Wildman–Crippen LogP) is 3.98.